The molecule has 5 nitrogen and oxygen atoms in total. The zero-order chi connectivity index (χ0) is 22.5. The van der Waals surface area contributed by atoms with Crippen molar-refractivity contribution >= 4 is 44.4 Å². The van der Waals surface area contributed by atoms with Crippen LogP contribution in [0.5, 0.6) is 5.75 Å². The van der Waals surface area contributed by atoms with E-state index >= 15 is 0 Å². The number of thiazole rings is 1. The molecule has 4 aromatic rings. The van der Waals surface area contributed by atoms with Crippen LogP contribution in [0.25, 0.3) is 10.2 Å². The topological polar surface area (TPSA) is 55.6 Å². The Labute approximate surface area is 196 Å². The maximum Gasteiger partial charge on any atom is 0.233 e. The Morgan fingerprint density at radius 1 is 1.16 bits per heavy atom. The minimum Gasteiger partial charge on any atom is -0.492 e. The van der Waals surface area contributed by atoms with Crippen molar-refractivity contribution in [3.63, 3.8) is 0 Å². The Hall–Kier alpha value is -2.77. The van der Waals surface area contributed by atoms with Gasteiger partial charge in [-0.15, -0.1) is 11.8 Å². The van der Waals surface area contributed by atoms with Crippen LogP contribution in [0.15, 0.2) is 70.2 Å². The number of hydrogen-bond acceptors (Lipinski definition) is 6. The first-order valence-corrected chi connectivity index (χ1v) is 12.3. The number of benzene rings is 2. The summed E-state index contributed by atoms with van der Waals surface area (Å²) in [5, 5.41) is 1.16. The molecule has 7 heteroatoms. The van der Waals surface area contributed by atoms with Gasteiger partial charge in [0.2, 0.25) is 5.91 Å². The number of aromatic nitrogens is 1. The normalized spacial score (nSPS) is 11.2. The highest BCUT2D eigenvalue weighted by Crippen LogP contribution is 2.35. The number of ether oxygens (including phenoxy) is 1. The van der Waals surface area contributed by atoms with Gasteiger partial charge in [-0.3, -0.25) is 9.69 Å². The van der Waals surface area contributed by atoms with Crippen molar-refractivity contribution in [1.82, 2.24) is 4.98 Å². The van der Waals surface area contributed by atoms with Crippen LogP contribution in [0.1, 0.15) is 32.1 Å². The first-order chi connectivity index (χ1) is 15.5. The lowest BCUT2D eigenvalue weighted by atomic mass is 10.1. The van der Waals surface area contributed by atoms with E-state index in [1.807, 2.05) is 61.2 Å². The number of carbonyl (C=O) groups is 1. The summed E-state index contributed by atoms with van der Waals surface area (Å²) in [6, 6.07) is 17.8. The fourth-order valence-electron chi connectivity index (χ4n) is 3.35. The number of fused-ring (bicyclic) bond motifs is 1. The maximum atomic E-state index is 13.4. The molecule has 0 radical (unpaired) electrons. The summed E-state index contributed by atoms with van der Waals surface area (Å²) < 4.78 is 12.2. The van der Waals surface area contributed by atoms with Gasteiger partial charge in [0.15, 0.2) is 5.13 Å². The minimum atomic E-state index is -0.0253. The molecule has 1 amide bonds. The fourth-order valence-corrected chi connectivity index (χ4v) is 5.19. The third-order valence-electron chi connectivity index (χ3n) is 4.75. The lowest BCUT2D eigenvalue weighted by Crippen LogP contribution is -2.31. The Kier molecular flexibility index (Phi) is 7.17. The van der Waals surface area contributed by atoms with Crippen molar-refractivity contribution < 1.29 is 13.9 Å². The van der Waals surface area contributed by atoms with Crippen molar-refractivity contribution in [2.24, 2.45) is 0 Å². The number of rotatable bonds is 9. The van der Waals surface area contributed by atoms with Crippen LogP contribution in [0.3, 0.4) is 0 Å². The summed E-state index contributed by atoms with van der Waals surface area (Å²) in [6.45, 7) is 7.18. The Bertz CT molecular complexity index is 1170. The summed E-state index contributed by atoms with van der Waals surface area (Å²) in [5.41, 5.74) is 1.75. The Morgan fingerprint density at radius 2 is 1.97 bits per heavy atom. The molecule has 2 aromatic heterocycles. The third kappa shape index (κ3) is 5.34. The van der Waals surface area contributed by atoms with Gasteiger partial charge in [0, 0.05) is 10.1 Å². The largest absolute Gasteiger partial charge is 0.492 e. The molecule has 0 atom stereocenters. The Balaban J connectivity index is 1.61. The molecule has 0 bridgehead atoms. The smallest absolute Gasteiger partial charge is 0.233 e. The van der Waals surface area contributed by atoms with E-state index in [0.29, 0.717) is 35.7 Å². The Morgan fingerprint density at radius 3 is 2.66 bits per heavy atom. The first-order valence-electron chi connectivity index (χ1n) is 10.6. The average Bonchev–Trinajstić information content (AvgIpc) is 3.43. The number of amides is 1. The minimum absolute atomic E-state index is 0.0253. The highest BCUT2D eigenvalue weighted by atomic mass is 32.2. The van der Waals surface area contributed by atoms with Gasteiger partial charge in [0.1, 0.15) is 17.0 Å². The lowest BCUT2D eigenvalue weighted by Gasteiger charge is -2.19. The second-order valence-corrected chi connectivity index (χ2v) is 10.2. The van der Waals surface area contributed by atoms with Crippen molar-refractivity contribution in [1.29, 1.82) is 0 Å². The van der Waals surface area contributed by atoms with E-state index in [9.17, 15) is 4.79 Å². The summed E-state index contributed by atoms with van der Waals surface area (Å²) in [7, 11) is 0. The zero-order valence-corrected chi connectivity index (χ0v) is 20.0. The van der Waals surface area contributed by atoms with E-state index in [4.69, 9.17) is 14.1 Å². The number of nitrogens with zero attached hydrogens (tertiary/aromatic N) is 2. The molecule has 166 valence electrons. The van der Waals surface area contributed by atoms with Gasteiger partial charge in [-0.05, 0) is 48.9 Å². The standard InChI is InChI=1S/C25H26N2O3S2/c1-4-29-21-8-5-9-22-24(21)26-25(32-22)27(16-19-7-6-14-30-19)23(28)15-18-10-12-20(13-11-18)31-17(2)3/h5-14,17H,4,15-16H2,1-3H3. The highest BCUT2D eigenvalue weighted by molar-refractivity contribution is 7.99. The average molecular weight is 467 g/mol. The van der Waals surface area contributed by atoms with Crippen molar-refractivity contribution in [3.8, 4) is 5.75 Å². The summed E-state index contributed by atoms with van der Waals surface area (Å²) in [5.74, 6) is 1.42. The van der Waals surface area contributed by atoms with Crippen LogP contribution in [0.2, 0.25) is 0 Å². The number of anilines is 1. The molecule has 0 saturated carbocycles. The van der Waals surface area contributed by atoms with E-state index < -0.39 is 0 Å². The van der Waals surface area contributed by atoms with E-state index in [0.717, 1.165) is 21.5 Å². The molecular formula is C25H26N2O3S2. The molecule has 0 unspecified atom stereocenters. The molecule has 0 aliphatic rings. The predicted molar refractivity (Wildman–Crippen MR) is 132 cm³/mol. The van der Waals surface area contributed by atoms with E-state index in [2.05, 4.69) is 26.0 Å². The number of para-hydroxylation sites is 1. The molecule has 2 heterocycles. The molecule has 0 spiro atoms. The number of thioether (sulfide) groups is 1. The van der Waals surface area contributed by atoms with Crippen LogP contribution >= 0.6 is 23.1 Å². The van der Waals surface area contributed by atoms with Crippen molar-refractivity contribution in [2.45, 2.75) is 43.9 Å². The third-order valence-corrected chi connectivity index (χ3v) is 6.81. The molecule has 2 aromatic carbocycles. The molecule has 0 saturated heterocycles. The molecule has 0 aliphatic heterocycles. The highest BCUT2D eigenvalue weighted by Gasteiger charge is 2.22. The van der Waals surface area contributed by atoms with E-state index in [-0.39, 0.29) is 5.91 Å². The SMILES string of the molecule is CCOc1cccc2sc(N(Cc3ccco3)C(=O)Cc3ccc(SC(C)C)cc3)nc12. The molecule has 32 heavy (non-hydrogen) atoms. The van der Waals surface area contributed by atoms with Crippen LogP contribution < -0.4 is 9.64 Å². The first kappa shape index (κ1) is 22.4. The van der Waals surface area contributed by atoms with E-state index in [1.165, 1.54) is 16.2 Å². The van der Waals surface area contributed by atoms with Gasteiger partial charge in [0.25, 0.3) is 0 Å². The summed E-state index contributed by atoms with van der Waals surface area (Å²) >= 11 is 3.30. The lowest BCUT2D eigenvalue weighted by molar-refractivity contribution is -0.118. The van der Waals surface area contributed by atoms with Gasteiger partial charge in [-0.2, -0.15) is 0 Å². The van der Waals surface area contributed by atoms with Crippen LogP contribution in [0.4, 0.5) is 5.13 Å². The van der Waals surface area contributed by atoms with Gasteiger partial charge in [-0.25, -0.2) is 4.98 Å². The molecule has 0 aliphatic carbocycles. The van der Waals surface area contributed by atoms with Gasteiger partial charge in [-0.1, -0.05) is 43.4 Å². The quantitative estimate of drug-likeness (QED) is 0.261. The van der Waals surface area contributed by atoms with Crippen LogP contribution in [-0.4, -0.2) is 22.7 Å². The molecule has 0 fully saturated rings. The van der Waals surface area contributed by atoms with Crippen molar-refractivity contribution in [3.05, 3.63) is 72.2 Å². The summed E-state index contributed by atoms with van der Waals surface area (Å²) in [4.78, 5) is 21.1. The zero-order valence-electron chi connectivity index (χ0n) is 18.4. The van der Waals surface area contributed by atoms with Crippen LogP contribution in [0, 0.1) is 0 Å². The van der Waals surface area contributed by atoms with Crippen LogP contribution in [-0.2, 0) is 17.8 Å². The molecular weight excluding hydrogens is 440 g/mol. The maximum absolute atomic E-state index is 13.4. The van der Waals surface area contributed by atoms with Gasteiger partial charge >= 0.3 is 0 Å². The number of carbonyl (C=O) groups excluding carboxylic acids is 1. The number of hydrogen-bond donors (Lipinski definition) is 0. The van der Waals surface area contributed by atoms with Crippen molar-refractivity contribution in [2.75, 3.05) is 11.5 Å². The monoisotopic (exact) mass is 466 g/mol. The molecule has 0 N–H and O–H groups in total. The summed E-state index contributed by atoms with van der Waals surface area (Å²) in [6.07, 6.45) is 1.91. The predicted octanol–water partition coefficient (Wildman–Crippen LogP) is 6.56. The fraction of sp³-hybridized carbons (Fsp3) is 0.280. The second kappa shape index (κ2) is 10.2. The van der Waals surface area contributed by atoms with Gasteiger partial charge in [0.05, 0.1) is 30.5 Å². The second-order valence-electron chi connectivity index (χ2n) is 7.58. The van der Waals surface area contributed by atoms with Gasteiger partial charge < -0.3 is 9.15 Å². The molecule has 4 rings (SSSR count). The number of furan rings is 1. The van der Waals surface area contributed by atoms with E-state index in [1.54, 1.807) is 11.2 Å².